The third-order valence-corrected chi connectivity index (χ3v) is 4.09. The molecule has 1 saturated heterocycles. The number of rotatable bonds is 5. The molecule has 19 heavy (non-hydrogen) atoms. The monoisotopic (exact) mass is 329 g/mol. The second-order valence-electron chi connectivity index (χ2n) is 4.89. The Labute approximate surface area is 121 Å². The van der Waals surface area contributed by atoms with Crippen molar-refractivity contribution in [3.05, 3.63) is 21.0 Å². The van der Waals surface area contributed by atoms with Crippen molar-refractivity contribution in [1.29, 1.82) is 0 Å². The summed E-state index contributed by atoms with van der Waals surface area (Å²) in [7, 11) is 0. The minimum Gasteiger partial charge on any atom is -0.378 e. The Morgan fingerprint density at radius 1 is 1.68 bits per heavy atom. The molecule has 2 atom stereocenters. The molecular weight excluding hydrogens is 310 g/mol. The van der Waals surface area contributed by atoms with Crippen molar-refractivity contribution < 1.29 is 4.74 Å². The molecule has 1 aliphatic heterocycles. The third-order valence-electron chi connectivity index (χ3n) is 3.33. The van der Waals surface area contributed by atoms with E-state index in [1.165, 1.54) is 4.68 Å². The van der Waals surface area contributed by atoms with Gasteiger partial charge in [0.2, 0.25) is 0 Å². The zero-order valence-electron chi connectivity index (χ0n) is 11.4. The second-order valence-corrected chi connectivity index (χ2v) is 5.68. The molecule has 1 N–H and O–H groups in total. The SMILES string of the molecule is CCCn1ncc(NC(C)C2CCCO2)c(Br)c1=O. The van der Waals surface area contributed by atoms with Crippen LogP contribution in [0, 0.1) is 0 Å². The van der Waals surface area contributed by atoms with Crippen LogP contribution in [0.5, 0.6) is 0 Å². The Kier molecular flexibility index (Phi) is 4.99. The first kappa shape index (κ1) is 14.5. The topological polar surface area (TPSA) is 56.1 Å². The molecule has 1 aliphatic rings. The molecule has 0 amide bonds. The molecule has 2 unspecified atom stereocenters. The number of ether oxygens (including phenoxy) is 1. The predicted molar refractivity (Wildman–Crippen MR) is 78.5 cm³/mol. The fourth-order valence-electron chi connectivity index (χ4n) is 2.27. The lowest BCUT2D eigenvalue weighted by Gasteiger charge is -2.21. The van der Waals surface area contributed by atoms with E-state index in [1.54, 1.807) is 6.20 Å². The Morgan fingerprint density at radius 3 is 3.11 bits per heavy atom. The van der Waals surface area contributed by atoms with Gasteiger partial charge in [-0.2, -0.15) is 5.10 Å². The number of aromatic nitrogens is 2. The van der Waals surface area contributed by atoms with Gasteiger partial charge in [-0.3, -0.25) is 4.79 Å². The lowest BCUT2D eigenvalue weighted by Crippen LogP contribution is -2.32. The molecule has 0 spiro atoms. The van der Waals surface area contributed by atoms with Crippen LogP contribution in [0.15, 0.2) is 15.5 Å². The normalized spacial score (nSPS) is 20.5. The number of aryl methyl sites for hydroxylation is 1. The van der Waals surface area contributed by atoms with E-state index in [-0.39, 0.29) is 17.7 Å². The molecular formula is C13H20BrN3O2. The number of hydrogen-bond donors (Lipinski definition) is 1. The molecule has 0 aromatic carbocycles. The van der Waals surface area contributed by atoms with Crippen molar-refractivity contribution in [2.75, 3.05) is 11.9 Å². The molecule has 5 nitrogen and oxygen atoms in total. The van der Waals surface area contributed by atoms with E-state index in [2.05, 4.69) is 33.3 Å². The second kappa shape index (κ2) is 6.52. The van der Waals surface area contributed by atoms with Crippen molar-refractivity contribution in [2.45, 2.75) is 51.8 Å². The van der Waals surface area contributed by atoms with Crippen LogP contribution in [-0.2, 0) is 11.3 Å². The maximum Gasteiger partial charge on any atom is 0.283 e. The molecule has 0 bridgehead atoms. The average molecular weight is 330 g/mol. The number of nitrogens with zero attached hydrogens (tertiary/aromatic N) is 2. The quantitative estimate of drug-likeness (QED) is 0.901. The summed E-state index contributed by atoms with van der Waals surface area (Å²) in [6.45, 7) is 5.56. The van der Waals surface area contributed by atoms with Crippen LogP contribution in [0.2, 0.25) is 0 Å². The zero-order chi connectivity index (χ0) is 13.8. The molecule has 2 heterocycles. The number of hydrogen-bond acceptors (Lipinski definition) is 4. The molecule has 0 radical (unpaired) electrons. The average Bonchev–Trinajstić information content (AvgIpc) is 2.92. The first-order valence-electron chi connectivity index (χ1n) is 6.77. The van der Waals surface area contributed by atoms with Crippen LogP contribution in [0.4, 0.5) is 5.69 Å². The molecule has 1 fully saturated rings. The van der Waals surface area contributed by atoms with Gasteiger partial charge in [-0.25, -0.2) is 4.68 Å². The summed E-state index contributed by atoms with van der Waals surface area (Å²) < 4.78 is 7.66. The van der Waals surface area contributed by atoms with Crippen LogP contribution in [0.3, 0.4) is 0 Å². The van der Waals surface area contributed by atoms with Crippen LogP contribution in [-0.4, -0.2) is 28.5 Å². The fraction of sp³-hybridized carbons (Fsp3) is 0.692. The summed E-state index contributed by atoms with van der Waals surface area (Å²) in [5.41, 5.74) is 0.645. The van der Waals surface area contributed by atoms with Crippen molar-refractivity contribution in [3.63, 3.8) is 0 Å². The van der Waals surface area contributed by atoms with Crippen LogP contribution < -0.4 is 10.9 Å². The first-order valence-corrected chi connectivity index (χ1v) is 7.56. The molecule has 6 heteroatoms. The van der Waals surface area contributed by atoms with Gasteiger partial charge in [0.05, 0.1) is 18.0 Å². The van der Waals surface area contributed by atoms with E-state index < -0.39 is 0 Å². The maximum atomic E-state index is 12.1. The molecule has 106 valence electrons. The van der Waals surface area contributed by atoms with Gasteiger partial charge in [0, 0.05) is 19.2 Å². The maximum absolute atomic E-state index is 12.1. The molecule has 0 saturated carbocycles. The smallest absolute Gasteiger partial charge is 0.283 e. The van der Waals surface area contributed by atoms with Crippen molar-refractivity contribution in [2.24, 2.45) is 0 Å². The number of halogens is 1. The standard InChI is InChI=1S/C13H20BrN3O2/c1-3-6-17-13(18)12(14)10(8-15-17)16-9(2)11-5-4-7-19-11/h8-9,11,16H,3-7H2,1-2H3. The summed E-state index contributed by atoms with van der Waals surface area (Å²) in [6.07, 6.45) is 4.97. The molecule has 1 aromatic heterocycles. The highest BCUT2D eigenvalue weighted by Crippen LogP contribution is 2.22. The van der Waals surface area contributed by atoms with Gasteiger partial charge in [0.25, 0.3) is 5.56 Å². The predicted octanol–water partition coefficient (Wildman–Crippen LogP) is 2.40. The summed E-state index contributed by atoms with van der Waals surface area (Å²) in [6, 6.07) is 0.169. The molecule has 2 rings (SSSR count). The Hall–Kier alpha value is -0.880. The Bertz CT molecular complexity index is 483. The molecule has 0 aliphatic carbocycles. The molecule has 1 aromatic rings. The van der Waals surface area contributed by atoms with E-state index in [1.807, 2.05) is 6.92 Å². The number of anilines is 1. The highest BCUT2D eigenvalue weighted by atomic mass is 79.9. The van der Waals surface area contributed by atoms with Gasteiger partial charge in [0.15, 0.2) is 0 Å². The van der Waals surface area contributed by atoms with E-state index in [0.717, 1.165) is 31.6 Å². The fourth-order valence-corrected chi connectivity index (χ4v) is 2.69. The highest BCUT2D eigenvalue weighted by molar-refractivity contribution is 9.10. The third kappa shape index (κ3) is 3.36. The lowest BCUT2D eigenvalue weighted by atomic mass is 10.1. The van der Waals surface area contributed by atoms with Crippen molar-refractivity contribution >= 4 is 21.6 Å². The summed E-state index contributed by atoms with van der Waals surface area (Å²) in [5, 5.41) is 7.49. The minimum absolute atomic E-state index is 0.0913. The van der Waals surface area contributed by atoms with E-state index in [0.29, 0.717) is 11.0 Å². The van der Waals surface area contributed by atoms with Gasteiger partial charge in [-0.15, -0.1) is 0 Å². The van der Waals surface area contributed by atoms with E-state index in [9.17, 15) is 4.79 Å². The van der Waals surface area contributed by atoms with Crippen LogP contribution in [0.1, 0.15) is 33.1 Å². The van der Waals surface area contributed by atoms with Gasteiger partial charge >= 0.3 is 0 Å². The van der Waals surface area contributed by atoms with E-state index >= 15 is 0 Å². The largest absolute Gasteiger partial charge is 0.378 e. The van der Waals surface area contributed by atoms with Crippen LogP contribution in [0.25, 0.3) is 0 Å². The van der Waals surface area contributed by atoms with Crippen LogP contribution >= 0.6 is 15.9 Å². The van der Waals surface area contributed by atoms with Gasteiger partial charge in [0.1, 0.15) is 4.47 Å². The zero-order valence-corrected chi connectivity index (χ0v) is 12.9. The highest BCUT2D eigenvalue weighted by Gasteiger charge is 2.23. The van der Waals surface area contributed by atoms with E-state index in [4.69, 9.17) is 4.74 Å². The Morgan fingerprint density at radius 2 is 2.47 bits per heavy atom. The lowest BCUT2D eigenvalue weighted by molar-refractivity contribution is 0.0996. The summed E-state index contributed by atoms with van der Waals surface area (Å²) in [5.74, 6) is 0. The number of nitrogens with one attached hydrogen (secondary N) is 1. The first-order chi connectivity index (χ1) is 9.13. The van der Waals surface area contributed by atoms with Gasteiger partial charge < -0.3 is 10.1 Å². The summed E-state index contributed by atoms with van der Waals surface area (Å²) >= 11 is 3.36. The van der Waals surface area contributed by atoms with Gasteiger partial charge in [-0.1, -0.05) is 6.92 Å². The van der Waals surface area contributed by atoms with Gasteiger partial charge in [-0.05, 0) is 42.1 Å². The Balaban J connectivity index is 2.12. The van der Waals surface area contributed by atoms with Crippen molar-refractivity contribution in [3.8, 4) is 0 Å². The summed E-state index contributed by atoms with van der Waals surface area (Å²) in [4.78, 5) is 12.1. The minimum atomic E-state index is -0.0913. The van der Waals surface area contributed by atoms with Crippen molar-refractivity contribution in [1.82, 2.24) is 9.78 Å².